The number of rotatable bonds is 5. The Labute approximate surface area is 167 Å². The summed E-state index contributed by atoms with van der Waals surface area (Å²) >= 11 is 0. The summed E-state index contributed by atoms with van der Waals surface area (Å²) in [4.78, 5) is 31.6. The Morgan fingerprint density at radius 2 is 1.83 bits per heavy atom. The van der Waals surface area contributed by atoms with E-state index >= 15 is 0 Å². The summed E-state index contributed by atoms with van der Waals surface area (Å²) in [5.41, 5.74) is 1.13. The fourth-order valence-corrected chi connectivity index (χ4v) is 4.68. The Morgan fingerprint density at radius 3 is 2.55 bits per heavy atom. The van der Waals surface area contributed by atoms with Crippen molar-refractivity contribution in [1.29, 1.82) is 0 Å². The second kappa shape index (κ2) is 7.63. The number of hydrogen-bond donors (Lipinski definition) is 0. The normalized spacial score (nSPS) is 17.4. The van der Waals surface area contributed by atoms with Gasteiger partial charge in [0.2, 0.25) is 5.91 Å². The van der Waals surface area contributed by atoms with Gasteiger partial charge in [0, 0.05) is 12.0 Å². The van der Waals surface area contributed by atoms with Crippen molar-refractivity contribution in [1.82, 2.24) is 14.5 Å². The molecule has 29 heavy (non-hydrogen) atoms. The first-order chi connectivity index (χ1) is 13.9. The molecule has 2 aromatic carbocycles. The maximum atomic E-state index is 13.1. The minimum absolute atomic E-state index is 0.156. The topological polar surface area (TPSA) is 89.3 Å². The summed E-state index contributed by atoms with van der Waals surface area (Å²) in [5.74, 6) is -0.504. The highest BCUT2D eigenvalue weighted by atomic mass is 32.2. The van der Waals surface area contributed by atoms with Gasteiger partial charge in [-0.3, -0.25) is 14.2 Å². The number of fused-ring (bicyclic) bond motifs is 1. The Balaban J connectivity index is 1.64. The number of carbonyl (C=O) groups excluding carboxylic acids is 1. The number of para-hydroxylation sites is 1. The van der Waals surface area contributed by atoms with Crippen molar-refractivity contribution in [3.05, 3.63) is 88.3 Å². The highest BCUT2D eigenvalue weighted by Crippen LogP contribution is 2.18. The van der Waals surface area contributed by atoms with Gasteiger partial charge in [-0.25, -0.2) is 13.4 Å². The van der Waals surface area contributed by atoms with Crippen molar-refractivity contribution < 1.29 is 13.2 Å². The van der Waals surface area contributed by atoms with Gasteiger partial charge in [0.1, 0.15) is 6.54 Å². The maximum absolute atomic E-state index is 13.1. The van der Waals surface area contributed by atoms with Gasteiger partial charge >= 0.3 is 0 Å². The van der Waals surface area contributed by atoms with Crippen molar-refractivity contribution in [3.8, 4) is 0 Å². The third-order valence-electron chi connectivity index (χ3n) is 4.86. The first-order valence-electron chi connectivity index (χ1n) is 9.11. The van der Waals surface area contributed by atoms with Gasteiger partial charge in [0.05, 0.1) is 29.0 Å². The summed E-state index contributed by atoms with van der Waals surface area (Å²) in [7, 11) is -3.33. The molecule has 0 aliphatic carbocycles. The van der Waals surface area contributed by atoms with Crippen molar-refractivity contribution >= 4 is 26.6 Å². The summed E-state index contributed by atoms with van der Waals surface area (Å²) in [6.45, 7) is 0.0356. The Hall–Kier alpha value is -3.26. The van der Waals surface area contributed by atoms with E-state index < -0.39 is 15.9 Å². The molecule has 0 saturated heterocycles. The average Bonchev–Trinajstić information content (AvgIpc) is 3.08. The summed E-state index contributed by atoms with van der Waals surface area (Å²) in [6.07, 6.45) is 2.88. The van der Waals surface area contributed by atoms with Gasteiger partial charge in [-0.05, 0) is 23.8 Å². The number of aromatic nitrogens is 2. The lowest BCUT2D eigenvalue weighted by Gasteiger charge is -2.28. The van der Waals surface area contributed by atoms with Crippen LogP contribution in [-0.2, 0) is 27.7 Å². The second-order valence-electron chi connectivity index (χ2n) is 6.93. The molecule has 1 atom stereocenters. The zero-order valence-corrected chi connectivity index (χ0v) is 16.3. The first-order valence-corrected chi connectivity index (χ1v) is 10.8. The minimum atomic E-state index is -3.33. The van der Waals surface area contributed by atoms with Crippen LogP contribution < -0.4 is 5.56 Å². The van der Waals surface area contributed by atoms with Crippen molar-refractivity contribution in [2.24, 2.45) is 0 Å². The number of amides is 1. The molecule has 0 spiro atoms. The van der Waals surface area contributed by atoms with E-state index in [4.69, 9.17) is 0 Å². The SMILES string of the molecule is O=C(Cn1cnc2ccccc2c1=O)N(Cc1ccccc1)[C@@H]1C=CS(=O)(=O)C1. The predicted octanol–water partition coefficient (Wildman–Crippen LogP) is 1.74. The van der Waals surface area contributed by atoms with Crippen molar-refractivity contribution in [2.45, 2.75) is 19.1 Å². The molecule has 7 nitrogen and oxygen atoms in total. The van der Waals surface area contributed by atoms with Crippen molar-refractivity contribution in [2.75, 3.05) is 5.75 Å². The molecule has 0 fully saturated rings. The van der Waals surface area contributed by atoms with Crippen LogP contribution in [0.15, 0.2) is 77.2 Å². The molecule has 1 amide bonds. The largest absolute Gasteiger partial charge is 0.329 e. The summed E-state index contributed by atoms with van der Waals surface area (Å²) in [6, 6.07) is 15.7. The molecule has 0 radical (unpaired) electrons. The zero-order chi connectivity index (χ0) is 20.4. The van der Waals surface area contributed by atoms with Crippen LogP contribution in [0.4, 0.5) is 0 Å². The molecule has 1 aromatic heterocycles. The fraction of sp³-hybridized carbons (Fsp3) is 0.190. The molecular formula is C21H19N3O4S. The van der Waals surface area contributed by atoms with Crippen molar-refractivity contribution in [3.63, 3.8) is 0 Å². The first kappa shape index (κ1) is 19.1. The molecule has 0 bridgehead atoms. The molecule has 1 aliphatic heterocycles. The van der Waals surface area contributed by atoms with E-state index in [0.717, 1.165) is 11.0 Å². The standard InChI is InChI=1S/C21H19N3O4S/c25-20(13-23-15-22-19-9-5-4-8-18(19)21(23)26)24(12-16-6-2-1-3-7-16)17-10-11-29(27,28)14-17/h1-11,15,17H,12-14H2/t17-/m1/s1. The molecule has 8 heteroatoms. The van der Waals surface area contributed by atoms with Gasteiger partial charge in [0.25, 0.3) is 5.56 Å². The van der Waals surface area contributed by atoms with Crippen LogP contribution in [0.2, 0.25) is 0 Å². The Kier molecular flexibility index (Phi) is 5.02. The molecule has 3 aromatic rings. The summed E-state index contributed by atoms with van der Waals surface area (Å²) in [5, 5.41) is 1.58. The Bertz CT molecular complexity index is 1250. The van der Waals surface area contributed by atoms with Crippen LogP contribution in [0.25, 0.3) is 10.9 Å². The smallest absolute Gasteiger partial charge is 0.261 e. The van der Waals surface area contributed by atoms with Crippen LogP contribution in [0.5, 0.6) is 0 Å². The third kappa shape index (κ3) is 4.12. The molecular weight excluding hydrogens is 390 g/mol. The lowest BCUT2D eigenvalue weighted by atomic mass is 10.1. The average molecular weight is 409 g/mol. The van der Waals surface area contributed by atoms with E-state index in [-0.39, 0.29) is 30.3 Å². The van der Waals surface area contributed by atoms with Gasteiger partial charge in [-0.2, -0.15) is 0 Å². The lowest BCUT2D eigenvalue weighted by molar-refractivity contribution is -0.133. The number of hydrogen-bond acceptors (Lipinski definition) is 5. The van der Waals surface area contributed by atoms with E-state index in [0.29, 0.717) is 10.9 Å². The zero-order valence-electron chi connectivity index (χ0n) is 15.5. The minimum Gasteiger partial charge on any atom is -0.329 e. The molecule has 2 heterocycles. The van der Waals surface area contributed by atoms with Crippen LogP contribution in [0, 0.1) is 0 Å². The monoisotopic (exact) mass is 409 g/mol. The van der Waals surface area contributed by atoms with Gasteiger partial charge in [-0.15, -0.1) is 0 Å². The quantitative estimate of drug-likeness (QED) is 0.640. The third-order valence-corrected chi connectivity index (χ3v) is 6.24. The molecule has 0 saturated carbocycles. The lowest BCUT2D eigenvalue weighted by Crippen LogP contribution is -2.43. The molecule has 0 N–H and O–H groups in total. The van der Waals surface area contributed by atoms with E-state index in [1.54, 1.807) is 24.3 Å². The van der Waals surface area contributed by atoms with Crippen LogP contribution in [0.3, 0.4) is 0 Å². The van der Waals surface area contributed by atoms with Crippen LogP contribution in [0.1, 0.15) is 5.56 Å². The highest BCUT2D eigenvalue weighted by Gasteiger charge is 2.30. The van der Waals surface area contributed by atoms with Crippen LogP contribution in [-0.4, -0.2) is 40.6 Å². The van der Waals surface area contributed by atoms with Crippen LogP contribution >= 0.6 is 0 Å². The molecule has 0 unspecified atom stereocenters. The molecule has 1 aliphatic rings. The van der Waals surface area contributed by atoms with E-state index in [9.17, 15) is 18.0 Å². The Morgan fingerprint density at radius 1 is 1.10 bits per heavy atom. The summed E-state index contributed by atoms with van der Waals surface area (Å²) < 4.78 is 25.0. The van der Waals surface area contributed by atoms with Gasteiger partial charge < -0.3 is 4.90 Å². The maximum Gasteiger partial charge on any atom is 0.261 e. The fourth-order valence-electron chi connectivity index (χ4n) is 3.38. The number of benzene rings is 2. The van der Waals surface area contributed by atoms with E-state index in [1.807, 2.05) is 30.3 Å². The number of nitrogens with zero attached hydrogens (tertiary/aromatic N) is 3. The second-order valence-corrected chi connectivity index (χ2v) is 8.86. The number of sulfone groups is 1. The molecule has 4 rings (SSSR count). The van der Waals surface area contributed by atoms with E-state index in [1.165, 1.54) is 21.9 Å². The van der Waals surface area contributed by atoms with Gasteiger partial charge in [0.15, 0.2) is 9.84 Å². The number of carbonyl (C=O) groups is 1. The predicted molar refractivity (Wildman–Crippen MR) is 110 cm³/mol. The molecule has 148 valence electrons. The van der Waals surface area contributed by atoms with Gasteiger partial charge in [-0.1, -0.05) is 42.5 Å². The highest BCUT2D eigenvalue weighted by molar-refractivity contribution is 7.94. The van der Waals surface area contributed by atoms with E-state index in [2.05, 4.69) is 4.98 Å².